The van der Waals surface area contributed by atoms with Crippen molar-refractivity contribution < 1.29 is 14.0 Å². The van der Waals surface area contributed by atoms with E-state index < -0.39 is 0 Å². The number of carbonyl (C=O) groups excluding carboxylic acids is 2. The summed E-state index contributed by atoms with van der Waals surface area (Å²) in [4.78, 5) is 26.1. The molecule has 3 aromatic rings. The van der Waals surface area contributed by atoms with E-state index in [2.05, 4.69) is 15.5 Å². The Balaban J connectivity index is 1.44. The van der Waals surface area contributed by atoms with Gasteiger partial charge in [-0.2, -0.15) is 0 Å². The lowest BCUT2D eigenvalue weighted by Crippen LogP contribution is -2.25. The smallest absolute Gasteiger partial charge is 0.286 e. The van der Waals surface area contributed by atoms with Gasteiger partial charge in [0.2, 0.25) is 10.9 Å². The first-order valence-corrected chi connectivity index (χ1v) is 9.79. The molecular weight excluding hydrogens is 376 g/mol. The molecule has 146 valence electrons. The summed E-state index contributed by atoms with van der Waals surface area (Å²) in [5, 5.41) is 11.9. The molecule has 0 unspecified atom stereocenters. The monoisotopic (exact) mass is 398 g/mol. The number of hydrogen-bond acceptors (Lipinski definition) is 6. The zero-order valence-corrected chi connectivity index (χ0v) is 16.7. The summed E-state index contributed by atoms with van der Waals surface area (Å²) in [7, 11) is 1.75. The van der Waals surface area contributed by atoms with Crippen molar-refractivity contribution in [1.29, 1.82) is 0 Å². The highest BCUT2D eigenvalue weighted by molar-refractivity contribution is 7.13. The van der Waals surface area contributed by atoms with E-state index in [9.17, 15) is 9.59 Å². The van der Waals surface area contributed by atoms with Gasteiger partial charge in [0.05, 0.1) is 12.8 Å². The van der Waals surface area contributed by atoms with Gasteiger partial charge in [-0.3, -0.25) is 9.59 Å². The van der Waals surface area contributed by atoms with Crippen LogP contribution in [0.4, 0.5) is 5.69 Å². The molecule has 1 aromatic carbocycles. The van der Waals surface area contributed by atoms with Crippen LogP contribution in [0.3, 0.4) is 0 Å². The Bertz CT molecular complexity index is 919. The fourth-order valence-corrected chi connectivity index (χ4v) is 3.35. The molecular formula is C20H22N4O3S. The van der Waals surface area contributed by atoms with Crippen LogP contribution in [0.25, 0.3) is 0 Å². The first kappa shape index (κ1) is 19.8. The number of anilines is 1. The summed E-state index contributed by atoms with van der Waals surface area (Å²) in [6.45, 7) is 2.44. The van der Waals surface area contributed by atoms with Crippen molar-refractivity contribution in [2.24, 2.45) is 0 Å². The zero-order chi connectivity index (χ0) is 19.9. The second-order valence-corrected chi connectivity index (χ2v) is 7.57. The predicted molar refractivity (Wildman–Crippen MR) is 107 cm³/mol. The lowest BCUT2D eigenvalue weighted by Gasteiger charge is -2.15. The fourth-order valence-electron chi connectivity index (χ4n) is 2.57. The van der Waals surface area contributed by atoms with Crippen LogP contribution in [-0.2, 0) is 17.8 Å². The molecule has 3 rings (SSSR count). The van der Waals surface area contributed by atoms with Gasteiger partial charge in [0.25, 0.3) is 5.91 Å². The molecule has 0 spiro atoms. The van der Waals surface area contributed by atoms with E-state index in [-0.39, 0.29) is 11.8 Å². The Morgan fingerprint density at radius 2 is 1.96 bits per heavy atom. The lowest BCUT2D eigenvalue weighted by molar-refractivity contribution is -0.130. The molecule has 0 aliphatic rings. The molecule has 2 aromatic heterocycles. The Morgan fingerprint density at radius 3 is 2.68 bits per heavy atom. The molecule has 0 radical (unpaired) electrons. The Morgan fingerprint density at radius 1 is 1.18 bits per heavy atom. The van der Waals surface area contributed by atoms with Gasteiger partial charge < -0.3 is 14.6 Å². The summed E-state index contributed by atoms with van der Waals surface area (Å²) < 4.78 is 5.25. The van der Waals surface area contributed by atoms with Gasteiger partial charge in [0, 0.05) is 25.6 Å². The molecule has 28 heavy (non-hydrogen) atoms. The molecule has 0 fully saturated rings. The number of nitrogens with one attached hydrogen (secondary N) is 1. The highest BCUT2D eigenvalue weighted by Gasteiger charge is 2.14. The van der Waals surface area contributed by atoms with E-state index in [1.54, 1.807) is 24.3 Å². The molecule has 7 nitrogen and oxygen atoms in total. The summed E-state index contributed by atoms with van der Waals surface area (Å²) in [5.74, 6) is 0.518. The Labute approximate surface area is 167 Å². The quantitative estimate of drug-likeness (QED) is 0.625. The number of aryl methyl sites for hydroxylation is 2. The fraction of sp³-hybridized carbons (Fsp3) is 0.300. The first-order valence-electron chi connectivity index (χ1n) is 8.98. The minimum atomic E-state index is -0.276. The standard InChI is InChI=1S/C20H22N4O3S/c1-14-8-10-15(11-9-14)21-19(26)20-23-22-17(28-20)6-3-7-18(25)24(2)13-16-5-4-12-27-16/h4-5,8-12H,3,6-7,13H2,1-2H3,(H,21,26). The van der Waals surface area contributed by atoms with Crippen LogP contribution in [-0.4, -0.2) is 34.0 Å². The summed E-state index contributed by atoms with van der Waals surface area (Å²) >= 11 is 1.25. The number of carbonyl (C=O) groups is 2. The maximum absolute atomic E-state index is 12.3. The number of rotatable bonds is 8. The van der Waals surface area contributed by atoms with Crippen molar-refractivity contribution in [1.82, 2.24) is 15.1 Å². The normalized spacial score (nSPS) is 10.6. The highest BCUT2D eigenvalue weighted by Crippen LogP contribution is 2.16. The van der Waals surface area contributed by atoms with Crippen LogP contribution in [0.2, 0.25) is 0 Å². The van der Waals surface area contributed by atoms with E-state index in [1.165, 1.54) is 11.3 Å². The maximum atomic E-state index is 12.3. The highest BCUT2D eigenvalue weighted by atomic mass is 32.1. The molecule has 1 N–H and O–H groups in total. The van der Waals surface area contributed by atoms with Crippen molar-refractivity contribution in [2.45, 2.75) is 32.7 Å². The van der Waals surface area contributed by atoms with Crippen molar-refractivity contribution in [3.8, 4) is 0 Å². The molecule has 0 aliphatic carbocycles. The summed E-state index contributed by atoms with van der Waals surface area (Å²) in [5.41, 5.74) is 1.85. The predicted octanol–water partition coefficient (Wildman–Crippen LogP) is 3.67. The van der Waals surface area contributed by atoms with Crippen LogP contribution >= 0.6 is 11.3 Å². The Kier molecular flexibility index (Phi) is 6.54. The van der Waals surface area contributed by atoms with Gasteiger partial charge in [0.1, 0.15) is 10.8 Å². The van der Waals surface area contributed by atoms with Crippen LogP contribution in [0, 0.1) is 6.92 Å². The number of benzene rings is 1. The number of hydrogen-bond donors (Lipinski definition) is 1. The van der Waals surface area contributed by atoms with Gasteiger partial charge in [-0.25, -0.2) is 0 Å². The van der Waals surface area contributed by atoms with Gasteiger partial charge >= 0.3 is 0 Å². The van der Waals surface area contributed by atoms with E-state index in [4.69, 9.17) is 4.42 Å². The SMILES string of the molecule is Cc1ccc(NC(=O)c2nnc(CCCC(=O)N(C)Cc3ccco3)s2)cc1. The van der Waals surface area contributed by atoms with E-state index in [0.29, 0.717) is 30.8 Å². The van der Waals surface area contributed by atoms with Gasteiger partial charge in [-0.05, 0) is 37.6 Å². The Hall–Kier alpha value is -3.00. The molecule has 0 atom stereocenters. The van der Waals surface area contributed by atoms with Crippen molar-refractivity contribution >= 4 is 28.8 Å². The largest absolute Gasteiger partial charge is 0.467 e. The number of amides is 2. The average Bonchev–Trinajstić information content (AvgIpc) is 3.35. The van der Waals surface area contributed by atoms with Crippen LogP contribution in [0.15, 0.2) is 47.1 Å². The molecule has 0 saturated carbocycles. The van der Waals surface area contributed by atoms with Crippen molar-refractivity contribution in [3.63, 3.8) is 0 Å². The van der Waals surface area contributed by atoms with Gasteiger partial charge in [0.15, 0.2) is 0 Å². The van der Waals surface area contributed by atoms with Crippen LogP contribution in [0.5, 0.6) is 0 Å². The number of aromatic nitrogens is 2. The number of furan rings is 1. The third kappa shape index (κ3) is 5.50. The average molecular weight is 398 g/mol. The van der Waals surface area contributed by atoms with E-state index in [0.717, 1.165) is 22.0 Å². The second-order valence-electron chi connectivity index (χ2n) is 6.50. The van der Waals surface area contributed by atoms with Crippen LogP contribution < -0.4 is 5.32 Å². The minimum Gasteiger partial charge on any atom is -0.467 e. The lowest BCUT2D eigenvalue weighted by atomic mass is 10.2. The first-order chi connectivity index (χ1) is 13.5. The van der Waals surface area contributed by atoms with E-state index in [1.807, 2.05) is 37.3 Å². The molecule has 2 heterocycles. The van der Waals surface area contributed by atoms with Crippen LogP contribution in [0.1, 0.15) is 39.0 Å². The molecule has 0 aliphatic heterocycles. The zero-order valence-electron chi connectivity index (χ0n) is 15.8. The maximum Gasteiger partial charge on any atom is 0.286 e. The van der Waals surface area contributed by atoms with Gasteiger partial charge in [-0.1, -0.05) is 29.0 Å². The summed E-state index contributed by atoms with van der Waals surface area (Å²) in [6, 6.07) is 11.2. The molecule has 2 amide bonds. The molecule has 0 bridgehead atoms. The number of nitrogens with zero attached hydrogens (tertiary/aromatic N) is 3. The van der Waals surface area contributed by atoms with Crippen molar-refractivity contribution in [3.05, 3.63) is 64.0 Å². The topological polar surface area (TPSA) is 88.3 Å². The van der Waals surface area contributed by atoms with Gasteiger partial charge in [-0.15, -0.1) is 10.2 Å². The molecule has 8 heteroatoms. The summed E-state index contributed by atoms with van der Waals surface area (Å²) in [6.07, 6.45) is 3.25. The second kappa shape index (κ2) is 9.27. The minimum absolute atomic E-state index is 0.0400. The third-order valence-electron chi connectivity index (χ3n) is 4.15. The van der Waals surface area contributed by atoms with Crippen molar-refractivity contribution in [2.75, 3.05) is 12.4 Å². The molecule has 0 saturated heterocycles. The third-order valence-corrected chi connectivity index (χ3v) is 5.13. The van der Waals surface area contributed by atoms with E-state index >= 15 is 0 Å².